The first-order valence-corrected chi connectivity index (χ1v) is 5.47. The number of nitrogens with zero attached hydrogens (tertiary/aromatic N) is 2. The van der Waals surface area contributed by atoms with Crippen LogP contribution in [-0.2, 0) is 11.3 Å². The van der Waals surface area contributed by atoms with E-state index in [1.807, 2.05) is 24.3 Å². The fourth-order valence-electron chi connectivity index (χ4n) is 1.50. The number of alkyl halides is 1. The molecule has 4 nitrogen and oxygen atoms in total. The fourth-order valence-corrected chi connectivity index (χ4v) is 1.70. The molecular weight excluding hydrogens is 226 g/mol. The SMILES string of the molecule is CN(Cc1nc2ccccc2[nH]1)C(=O)CCl. The number of benzene rings is 1. The summed E-state index contributed by atoms with van der Waals surface area (Å²) in [6.07, 6.45) is 0. The average molecular weight is 238 g/mol. The molecule has 5 heteroatoms. The molecule has 0 spiro atoms. The summed E-state index contributed by atoms with van der Waals surface area (Å²) in [5.41, 5.74) is 1.88. The predicted octanol–water partition coefficient (Wildman–Crippen LogP) is 1.76. The van der Waals surface area contributed by atoms with Crippen LogP contribution in [0, 0.1) is 0 Å². The Bertz CT molecular complexity index is 476. The summed E-state index contributed by atoms with van der Waals surface area (Å²) in [6, 6.07) is 7.76. The molecule has 1 heterocycles. The molecule has 0 radical (unpaired) electrons. The number of carbonyl (C=O) groups is 1. The van der Waals surface area contributed by atoms with E-state index in [9.17, 15) is 4.79 Å². The molecule has 16 heavy (non-hydrogen) atoms. The van der Waals surface area contributed by atoms with Crippen molar-refractivity contribution in [3.63, 3.8) is 0 Å². The molecule has 84 valence electrons. The third-order valence-corrected chi connectivity index (χ3v) is 2.59. The molecule has 0 unspecified atom stereocenters. The summed E-state index contributed by atoms with van der Waals surface area (Å²) in [5.74, 6) is 0.654. The van der Waals surface area contributed by atoms with Crippen molar-refractivity contribution >= 4 is 28.5 Å². The van der Waals surface area contributed by atoms with Crippen molar-refractivity contribution in [2.75, 3.05) is 12.9 Å². The second-order valence-corrected chi connectivity index (χ2v) is 3.85. The fraction of sp³-hybridized carbons (Fsp3) is 0.273. The van der Waals surface area contributed by atoms with Crippen LogP contribution in [0.3, 0.4) is 0 Å². The molecule has 0 saturated carbocycles. The average Bonchev–Trinajstić information content (AvgIpc) is 2.69. The van der Waals surface area contributed by atoms with E-state index in [4.69, 9.17) is 11.6 Å². The number of hydrogen-bond acceptors (Lipinski definition) is 2. The number of nitrogens with one attached hydrogen (secondary N) is 1. The second kappa shape index (κ2) is 4.53. The molecule has 2 rings (SSSR count). The number of aromatic nitrogens is 2. The number of aromatic amines is 1. The van der Waals surface area contributed by atoms with E-state index >= 15 is 0 Å². The Morgan fingerprint density at radius 1 is 1.50 bits per heavy atom. The molecular formula is C11H12ClN3O. The van der Waals surface area contributed by atoms with Gasteiger partial charge in [-0.1, -0.05) is 12.1 Å². The van der Waals surface area contributed by atoms with Crippen molar-refractivity contribution in [1.29, 1.82) is 0 Å². The summed E-state index contributed by atoms with van der Waals surface area (Å²) in [4.78, 5) is 20.4. The summed E-state index contributed by atoms with van der Waals surface area (Å²) in [7, 11) is 1.71. The van der Waals surface area contributed by atoms with Crippen LogP contribution >= 0.6 is 11.6 Å². The molecule has 1 aromatic heterocycles. The lowest BCUT2D eigenvalue weighted by atomic mass is 10.3. The van der Waals surface area contributed by atoms with Gasteiger partial charge < -0.3 is 9.88 Å². The van der Waals surface area contributed by atoms with Crippen molar-refractivity contribution in [3.8, 4) is 0 Å². The van der Waals surface area contributed by atoms with Crippen LogP contribution in [-0.4, -0.2) is 33.7 Å². The van der Waals surface area contributed by atoms with Crippen molar-refractivity contribution in [2.24, 2.45) is 0 Å². The Balaban J connectivity index is 2.18. The first-order valence-electron chi connectivity index (χ1n) is 4.94. The third kappa shape index (κ3) is 2.17. The molecule has 0 aliphatic carbocycles. The molecule has 0 aliphatic heterocycles. The number of para-hydroxylation sites is 2. The van der Waals surface area contributed by atoms with Gasteiger partial charge in [0.05, 0.1) is 17.6 Å². The maximum Gasteiger partial charge on any atom is 0.237 e. The van der Waals surface area contributed by atoms with E-state index < -0.39 is 0 Å². The zero-order valence-corrected chi connectivity index (χ0v) is 9.66. The Labute approximate surface area is 98.2 Å². The number of H-pyrrole nitrogens is 1. The summed E-state index contributed by atoms with van der Waals surface area (Å²) in [6.45, 7) is 0.445. The largest absolute Gasteiger partial charge is 0.340 e. The van der Waals surface area contributed by atoms with Crippen molar-refractivity contribution in [3.05, 3.63) is 30.1 Å². The maximum absolute atomic E-state index is 11.3. The van der Waals surface area contributed by atoms with E-state index in [2.05, 4.69) is 9.97 Å². The van der Waals surface area contributed by atoms with Gasteiger partial charge in [0.15, 0.2) is 0 Å². The van der Waals surface area contributed by atoms with E-state index in [0.717, 1.165) is 16.9 Å². The number of carbonyl (C=O) groups excluding carboxylic acids is 1. The molecule has 0 saturated heterocycles. The van der Waals surface area contributed by atoms with E-state index in [1.54, 1.807) is 11.9 Å². The molecule has 0 fully saturated rings. The van der Waals surface area contributed by atoms with Crippen LogP contribution in [0.4, 0.5) is 0 Å². The highest BCUT2D eigenvalue weighted by Gasteiger charge is 2.09. The number of amides is 1. The van der Waals surface area contributed by atoms with Gasteiger partial charge in [0.25, 0.3) is 0 Å². The number of halogens is 1. The molecule has 1 N–H and O–H groups in total. The van der Waals surface area contributed by atoms with Gasteiger partial charge in [-0.2, -0.15) is 0 Å². The van der Waals surface area contributed by atoms with Crippen LogP contribution in [0.1, 0.15) is 5.82 Å². The van der Waals surface area contributed by atoms with Gasteiger partial charge in [-0.05, 0) is 12.1 Å². The number of fused-ring (bicyclic) bond motifs is 1. The van der Waals surface area contributed by atoms with Gasteiger partial charge in [0, 0.05) is 7.05 Å². The van der Waals surface area contributed by atoms with Crippen LogP contribution in [0.25, 0.3) is 11.0 Å². The minimum Gasteiger partial charge on any atom is -0.340 e. The topological polar surface area (TPSA) is 49.0 Å². The number of hydrogen-bond donors (Lipinski definition) is 1. The standard InChI is InChI=1S/C11H12ClN3O/c1-15(11(16)6-12)7-10-13-8-4-2-3-5-9(8)14-10/h2-5H,6-7H2,1H3,(H,13,14). The summed E-state index contributed by atoms with van der Waals surface area (Å²) >= 11 is 5.47. The van der Waals surface area contributed by atoms with Crippen LogP contribution in [0.5, 0.6) is 0 Å². The predicted molar refractivity (Wildman–Crippen MR) is 63.3 cm³/mol. The molecule has 0 bridgehead atoms. The van der Waals surface area contributed by atoms with E-state index in [0.29, 0.717) is 6.54 Å². The van der Waals surface area contributed by atoms with E-state index in [-0.39, 0.29) is 11.8 Å². The van der Waals surface area contributed by atoms with Crippen LogP contribution in [0.2, 0.25) is 0 Å². The zero-order chi connectivity index (χ0) is 11.5. The quantitative estimate of drug-likeness (QED) is 0.827. The van der Waals surface area contributed by atoms with Gasteiger partial charge >= 0.3 is 0 Å². The highest BCUT2D eigenvalue weighted by Crippen LogP contribution is 2.11. The number of rotatable bonds is 3. The molecule has 0 aliphatic rings. The molecule has 1 aromatic carbocycles. The smallest absolute Gasteiger partial charge is 0.237 e. The van der Waals surface area contributed by atoms with Crippen molar-refractivity contribution < 1.29 is 4.79 Å². The Morgan fingerprint density at radius 2 is 2.25 bits per heavy atom. The lowest BCUT2D eigenvalue weighted by molar-refractivity contribution is -0.127. The first kappa shape index (κ1) is 11.0. The van der Waals surface area contributed by atoms with Gasteiger partial charge in [-0.3, -0.25) is 4.79 Å². The maximum atomic E-state index is 11.3. The zero-order valence-electron chi connectivity index (χ0n) is 8.90. The Hall–Kier alpha value is -1.55. The van der Waals surface area contributed by atoms with Gasteiger partial charge in [-0.25, -0.2) is 4.98 Å². The molecule has 1 amide bonds. The lowest BCUT2D eigenvalue weighted by Gasteiger charge is -2.13. The second-order valence-electron chi connectivity index (χ2n) is 3.58. The van der Waals surface area contributed by atoms with Gasteiger partial charge in [0.2, 0.25) is 5.91 Å². The summed E-state index contributed by atoms with van der Waals surface area (Å²) < 4.78 is 0. The molecule has 0 atom stereocenters. The highest BCUT2D eigenvalue weighted by molar-refractivity contribution is 6.27. The Kier molecular flexibility index (Phi) is 3.10. The van der Waals surface area contributed by atoms with Crippen molar-refractivity contribution in [1.82, 2.24) is 14.9 Å². The van der Waals surface area contributed by atoms with Gasteiger partial charge in [-0.15, -0.1) is 11.6 Å². The van der Waals surface area contributed by atoms with E-state index in [1.165, 1.54) is 0 Å². The third-order valence-electron chi connectivity index (χ3n) is 2.37. The Morgan fingerprint density at radius 3 is 2.94 bits per heavy atom. The lowest BCUT2D eigenvalue weighted by Crippen LogP contribution is -2.27. The number of imidazole rings is 1. The minimum absolute atomic E-state index is 0.00325. The monoisotopic (exact) mass is 237 g/mol. The van der Waals surface area contributed by atoms with Crippen LogP contribution < -0.4 is 0 Å². The van der Waals surface area contributed by atoms with Crippen molar-refractivity contribution in [2.45, 2.75) is 6.54 Å². The normalized spacial score (nSPS) is 10.6. The molecule has 2 aromatic rings. The van der Waals surface area contributed by atoms with Gasteiger partial charge in [0.1, 0.15) is 11.7 Å². The highest BCUT2D eigenvalue weighted by atomic mass is 35.5. The minimum atomic E-state index is -0.109. The first-order chi connectivity index (χ1) is 7.70. The van der Waals surface area contributed by atoms with Crippen LogP contribution in [0.15, 0.2) is 24.3 Å². The summed E-state index contributed by atoms with van der Waals surface area (Å²) in [5, 5.41) is 0.